The Morgan fingerprint density at radius 1 is 1.43 bits per heavy atom. The molecule has 2 bridgehead atoms. The molecule has 2 N–H and O–H groups in total. The molecule has 2 saturated heterocycles. The second-order valence-electron chi connectivity index (χ2n) is 7.43. The van der Waals surface area contributed by atoms with Crippen molar-refractivity contribution in [3.8, 4) is 0 Å². The van der Waals surface area contributed by atoms with Crippen molar-refractivity contribution in [1.82, 2.24) is 4.98 Å². The van der Waals surface area contributed by atoms with Crippen molar-refractivity contribution in [1.29, 1.82) is 0 Å². The van der Waals surface area contributed by atoms with Gasteiger partial charge < -0.3 is 15.2 Å². The smallest absolute Gasteiger partial charge is 0.337 e. The number of fused-ring (bicyclic) bond motifs is 1. The molecule has 1 aliphatic carbocycles. The predicted molar refractivity (Wildman–Crippen MR) is 83.4 cm³/mol. The number of aromatic nitrogens is 1. The maximum Gasteiger partial charge on any atom is 0.337 e. The quantitative estimate of drug-likeness (QED) is 0.846. The SMILES string of the molecule is C[C@@H]1C=C2C(=O)O[C@@H]3CCC4CC1(Cc1cccnc1N)O[C@]243. The fourth-order valence-electron chi connectivity index (χ4n) is 5.26. The molecule has 5 nitrogen and oxygen atoms in total. The molecule has 4 aliphatic rings. The van der Waals surface area contributed by atoms with Crippen LogP contribution in [0.3, 0.4) is 0 Å². The molecule has 0 amide bonds. The van der Waals surface area contributed by atoms with Gasteiger partial charge in [0.2, 0.25) is 0 Å². The number of esters is 1. The Bertz CT molecular complexity index is 746. The molecule has 23 heavy (non-hydrogen) atoms. The highest BCUT2D eigenvalue weighted by Crippen LogP contribution is 2.64. The van der Waals surface area contributed by atoms with Crippen LogP contribution in [0.2, 0.25) is 0 Å². The molecule has 1 spiro atoms. The standard InChI is InChI=1S/C18H20N2O3/c1-10-7-13-16(21)22-14-5-4-12-9-17(10,23-18(12,13)14)8-11-3-2-6-20-15(11)19/h2-3,6-7,10,12,14H,4-5,8-9H2,1H3,(H2,19,20)/t10-,12?,14-,17?,18+/m1/s1. The van der Waals surface area contributed by atoms with Gasteiger partial charge in [0.1, 0.15) is 17.5 Å². The lowest BCUT2D eigenvalue weighted by Crippen LogP contribution is -2.49. The molecule has 0 radical (unpaired) electrons. The molecular weight excluding hydrogens is 292 g/mol. The van der Waals surface area contributed by atoms with Crippen LogP contribution in [0.25, 0.3) is 0 Å². The maximum absolute atomic E-state index is 12.2. The molecule has 5 rings (SSSR count). The van der Waals surface area contributed by atoms with Crippen LogP contribution in [-0.4, -0.2) is 28.3 Å². The second-order valence-corrected chi connectivity index (χ2v) is 7.43. The summed E-state index contributed by atoms with van der Waals surface area (Å²) >= 11 is 0. The number of nitrogens with zero attached hydrogens (tertiary/aromatic N) is 1. The maximum atomic E-state index is 12.2. The van der Waals surface area contributed by atoms with Gasteiger partial charge in [0.05, 0.1) is 11.2 Å². The number of ether oxygens (including phenoxy) is 2. The molecule has 1 saturated carbocycles. The van der Waals surface area contributed by atoms with Crippen molar-refractivity contribution in [3.63, 3.8) is 0 Å². The number of carbonyl (C=O) groups is 1. The van der Waals surface area contributed by atoms with Crippen molar-refractivity contribution in [2.75, 3.05) is 5.73 Å². The van der Waals surface area contributed by atoms with Gasteiger partial charge >= 0.3 is 5.97 Å². The Labute approximate surface area is 134 Å². The molecule has 1 aromatic heterocycles. The zero-order valence-electron chi connectivity index (χ0n) is 13.1. The van der Waals surface area contributed by atoms with Crippen molar-refractivity contribution in [3.05, 3.63) is 35.5 Å². The molecule has 4 heterocycles. The molecule has 1 aromatic rings. The first-order chi connectivity index (χ1) is 11.1. The number of nitrogens with two attached hydrogens (primary N) is 1. The molecule has 3 aliphatic heterocycles. The summed E-state index contributed by atoms with van der Waals surface area (Å²) in [5.41, 5.74) is 7.04. The van der Waals surface area contributed by atoms with Gasteiger partial charge in [0, 0.05) is 18.5 Å². The van der Waals surface area contributed by atoms with E-state index in [2.05, 4.69) is 18.0 Å². The Morgan fingerprint density at radius 2 is 2.30 bits per heavy atom. The summed E-state index contributed by atoms with van der Waals surface area (Å²) in [7, 11) is 0. The zero-order chi connectivity index (χ0) is 15.8. The summed E-state index contributed by atoms with van der Waals surface area (Å²) in [5, 5.41) is 0. The number of hydrogen-bond donors (Lipinski definition) is 1. The first-order valence-electron chi connectivity index (χ1n) is 8.38. The first kappa shape index (κ1) is 13.5. The van der Waals surface area contributed by atoms with Gasteiger partial charge in [0.15, 0.2) is 0 Å². The average Bonchev–Trinajstić information content (AvgIpc) is 3.07. The Kier molecular flexibility index (Phi) is 2.44. The summed E-state index contributed by atoms with van der Waals surface area (Å²) in [5.74, 6) is 0.910. The van der Waals surface area contributed by atoms with Gasteiger partial charge in [0.25, 0.3) is 0 Å². The summed E-state index contributed by atoms with van der Waals surface area (Å²) in [6, 6.07) is 3.93. The van der Waals surface area contributed by atoms with Crippen LogP contribution < -0.4 is 5.73 Å². The summed E-state index contributed by atoms with van der Waals surface area (Å²) in [6.07, 6.45) is 7.36. The van der Waals surface area contributed by atoms with Crippen LogP contribution >= 0.6 is 0 Å². The van der Waals surface area contributed by atoms with Gasteiger partial charge in [-0.15, -0.1) is 0 Å². The predicted octanol–water partition coefficient (Wildman–Crippen LogP) is 2.02. The minimum absolute atomic E-state index is 0.105. The number of pyridine rings is 1. The van der Waals surface area contributed by atoms with E-state index in [4.69, 9.17) is 15.2 Å². The normalized spacial score (nSPS) is 43.3. The molecule has 2 unspecified atom stereocenters. The van der Waals surface area contributed by atoms with E-state index in [1.165, 1.54) is 0 Å². The van der Waals surface area contributed by atoms with Crippen molar-refractivity contribution in [2.24, 2.45) is 11.8 Å². The lowest BCUT2D eigenvalue weighted by Gasteiger charge is -2.41. The monoisotopic (exact) mass is 312 g/mol. The van der Waals surface area contributed by atoms with E-state index < -0.39 is 5.60 Å². The van der Waals surface area contributed by atoms with Gasteiger partial charge in [-0.2, -0.15) is 0 Å². The van der Waals surface area contributed by atoms with Crippen LogP contribution in [0.4, 0.5) is 5.82 Å². The minimum atomic E-state index is -0.499. The van der Waals surface area contributed by atoms with Gasteiger partial charge in [-0.1, -0.05) is 19.1 Å². The summed E-state index contributed by atoms with van der Waals surface area (Å²) in [6.45, 7) is 2.13. The second kappa shape index (κ2) is 4.15. The van der Waals surface area contributed by atoms with Crippen LogP contribution in [0, 0.1) is 11.8 Å². The number of hydrogen-bond acceptors (Lipinski definition) is 5. The van der Waals surface area contributed by atoms with E-state index in [-0.39, 0.29) is 23.6 Å². The van der Waals surface area contributed by atoms with Crippen LogP contribution in [0.15, 0.2) is 30.0 Å². The van der Waals surface area contributed by atoms with Gasteiger partial charge in [-0.3, -0.25) is 0 Å². The first-order valence-corrected chi connectivity index (χ1v) is 8.38. The zero-order valence-corrected chi connectivity index (χ0v) is 13.1. The van der Waals surface area contributed by atoms with Crippen molar-refractivity contribution < 1.29 is 14.3 Å². The molecule has 120 valence electrons. The van der Waals surface area contributed by atoms with Crippen molar-refractivity contribution >= 4 is 11.8 Å². The Morgan fingerprint density at radius 3 is 3.13 bits per heavy atom. The van der Waals surface area contributed by atoms with Crippen LogP contribution in [-0.2, 0) is 20.7 Å². The molecular formula is C18H20N2O3. The van der Waals surface area contributed by atoms with E-state index in [1.807, 2.05) is 12.1 Å². The highest BCUT2D eigenvalue weighted by molar-refractivity contribution is 5.94. The lowest BCUT2D eigenvalue weighted by atomic mass is 9.79. The number of rotatable bonds is 2. The highest BCUT2D eigenvalue weighted by atomic mass is 16.6. The van der Waals surface area contributed by atoms with E-state index >= 15 is 0 Å². The molecule has 5 atom stereocenters. The molecule has 3 fully saturated rings. The minimum Gasteiger partial charge on any atom is -0.455 e. The third-order valence-corrected chi connectivity index (χ3v) is 6.38. The number of anilines is 1. The Hall–Kier alpha value is -1.88. The van der Waals surface area contributed by atoms with Crippen molar-refractivity contribution in [2.45, 2.75) is 49.9 Å². The van der Waals surface area contributed by atoms with E-state index in [0.29, 0.717) is 11.7 Å². The third-order valence-electron chi connectivity index (χ3n) is 6.38. The highest BCUT2D eigenvalue weighted by Gasteiger charge is 2.72. The lowest BCUT2D eigenvalue weighted by molar-refractivity contribution is -0.149. The van der Waals surface area contributed by atoms with Gasteiger partial charge in [-0.25, -0.2) is 9.78 Å². The average molecular weight is 312 g/mol. The molecule has 5 heteroatoms. The van der Waals surface area contributed by atoms with Crippen LogP contribution in [0.1, 0.15) is 31.7 Å². The fourth-order valence-corrected chi connectivity index (χ4v) is 5.26. The largest absolute Gasteiger partial charge is 0.455 e. The Balaban J connectivity index is 1.60. The summed E-state index contributed by atoms with van der Waals surface area (Å²) in [4.78, 5) is 16.4. The fraction of sp³-hybridized carbons (Fsp3) is 0.556. The van der Waals surface area contributed by atoms with E-state index in [1.54, 1.807) is 6.20 Å². The van der Waals surface area contributed by atoms with Gasteiger partial charge in [-0.05, 0) is 36.8 Å². The van der Waals surface area contributed by atoms with E-state index in [9.17, 15) is 4.79 Å². The number of nitrogen functional groups attached to an aromatic ring is 1. The van der Waals surface area contributed by atoms with E-state index in [0.717, 1.165) is 36.8 Å². The topological polar surface area (TPSA) is 74.4 Å². The summed E-state index contributed by atoms with van der Waals surface area (Å²) < 4.78 is 12.3. The molecule has 0 aromatic carbocycles. The number of carbonyl (C=O) groups excluding carboxylic acids is 1. The van der Waals surface area contributed by atoms with Crippen LogP contribution in [0.5, 0.6) is 0 Å². The third kappa shape index (κ3) is 1.51.